The molecule has 0 amide bonds. The average molecular weight is 264 g/mol. The monoisotopic (exact) mass is 262 g/mol. The highest BCUT2D eigenvalue weighted by Crippen LogP contribution is 2.07. The normalized spacial score (nSPS) is 14.2. The minimum absolute atomic E-state index is 0.0169. The Kier molecular flexibility index (Phi) is 8.51. The van der Waals surface area contributed by atoms with Gasteiger partial charge in [-0.25, -0.2) is 0 Å². The SMILES string of the molecule is CC(=O)C(Cl)CC[SiH2]OCC(Cl)Cl. The fraction of sp³-hybridized carbons (Fsp3) is 0.857. The van der Waals surface area contributed by atoms with Crippen LogP contribution in [0.4, 0.5) is 0 Å². The fourth-order valence-corrected chi connectivity index (χ4v) is 2.81. The van der Waals surface area contributed by atoms with Gasteiger partial charge in [0.15, 0.2) is 9.76 Å². The van der Waals surface area contributed by atoms with Gasteiger partial charge in [-0.2, -0.15) is 0 Å². The van der Waals surface area contributed by atoms with E-state index in [1.54, 1.807) is 0 Å². The maximum atomic E-state index is 10.7. The largest absolute Gasteiger partial charge is 0.421 e. The summed E-state index contributed by atoms with van der Waals surface area (Å²) in [6, 6.07) is 0.883. The lowest BCUT2D eigenvalue weighted by Gasteiger charge is -2.06. The summed E-state index contributed by atoms with van der Waals surface area (Å²) < 4.78 is 5.23. The molecule has 2 nitrogen and oxygen atoms in total. The number of carbonyl (C=O) groups is 1. The summed E-state index contributed by atoms with van der Waals surface area (Å²) >= 11 is 16.6. The Morgan fingerprint density at radius 2 is 2.08 bits per heavy atom. The Morgan fingerprint density at radius 1 is 1.46 bits per heavy atom. The number of rotatable bonds is 7. The zero-order valence-corrected chi connectivity index (χ0v) is 11.1. The average Bonchev–Trinajstić information content (AvgIpc) is 2.02. The molecule has 0 spiro atoms. The highest BCUT2D eigenvalue weighted by molar-refractivity contribution is 6.44. The van der Waals surface area contributed by atoms with E-state index in [-0.39, 0.29) is 11.2 Å². The molecule has 0 saturated heterocycles. The molecule has 0 aromatic carbocycles. The number of Topliss-reactive ketones (excluding diaryl/α,β-unsaturated/α-hetero) is 1. The van der Waals surface area contributed by atoms with E-state index in [0.29, 0.717) is 13.0 Å². The van der Waals surface area contributed by atoms with Crippen LogP contribution in [-0.4, -0.2) is 32.4 Å². The van der Waals surface area contributed by atoms with Gasteiger partial charge in [0.2, 0.25) is 0 Å². The van der Waals surface area contributed by atoms with Crippen LogP contribution < -0.4 is 0 Å². The zero-order valence-electron chi connectivity index (χ0n) is 7.43. The molecule has 0 aliphatic rings. The number of hydrogen-bond acceptors (Lipinski definition) is 2. The van der Waals surface area contributed by atoms with E-state index in [2.05, 4.69) is 0 Å². The Balaban J connectivity index is 3.21. The molecular weight excluding hydrogens is 251 g/mol. The molecule has 0 heterocycles. The number of carbonyl (C=O) groups excluding carboxylic acids is 1. The van der Waals surface area contributed by atoms with Crippen LogP contribution in [0.3, 0.4) is 0 Å². The van der Waals surface area contributed by atoms with Gasteiger partial charge in [-0.15, -0.1) is 34.8 Å². The lowest BCUT2D eigenvalue weighted by molar-refractivity contribution is -0.116. The molecule has 78 valence electrons. The lowest BCUT2D eigenvalue weighted by atomic mass is 10.2. The van der Waals surface area contributed by atoms with Gasteiger partial charge < -0.3 is 4.43 Å². The molecule has 1 atom stereocenters. The molecule has 0 aliphatic heterocycles. The maximum absolute atomic E-state index is 10.7. The van der Waals surface area contributed by atoms with Crippen LogP contribution in [0.5, 0.6) is 0 Å². The quantitative estimate of drug-likeness (QED) is 0.398. The third-order valence-electron chi connectivity index (χ3n) is 1.43. The molecule has 0 aromatic heterocycles. The summed E-state index contributed by atoms with van der Waals surface area (Å²) in [6.07, 6.45) is 0.693. The molecule has 0 fully saturated rings. The van der Waals surface area contributed by atoms with Crippen molar-refractivity contribution in [1.82, 2.24) is 0 Å². The molecule has 0 saturated carbocycles. The van der Waals surface area contributed by atoms with Crippen LogP contribution in [0.1, 0.15) is 13.3 Å². The summed E-state index contributed by atoms with van der Waals surface area (Å²) in [5.74, 6) is 0.0169. The van der Waals surface area contributed by atoms with Gasteiger partial charge in [-0.05, 0) is 19.4 Å². The highest BCUT2D eigenvalue weighted by atomic mass is 35.5. The van der Waals surface area contributed by atoms with Gasteiger partial charge in [0.25, 0.3) is 0 Å². The third-order valence-corrected chi connectivity index (χ3v) is 3.43. The van der Waals surface area contributed by atoms with Gasteiger partial charge in [0.05, 0.1) is 12.0 Å². The Hall–Kier alpha value is 0.717. The number of ketones is 1. The minimum Gasteiger partial charge on any atom is -0.421 e. The minimum atomic E-state index is -0.612. The van der Waals surface area contributed by atoms with Gasteiger partial charge in [-0.1, -0.05) is 0 Å². The van der Waals surface area contributed by atoms with E-state index in [1.165, 1.54) is 6.92 Å². The first-order chi connectivity index (χ1) is 6.04. The van der Waals surface area contributed by atoms with Crippen LogP contribution in [0, 0.1) is 0 Å². The molecule has 0 bridgehead atoms. The van der Waals surface area contributed by atoms with Gasteiger partial charge in [-0.3, -0.25) is 4.79 Å². The highest BCUT2D eigenvalue weighted by Gasteiger charge is 2.09. The second-order valence-corrected chi connectivity index (χ2v) is 6.01. The lowest BCUT2D eigenvalue weighted by Crippen LogP contribution is -2.12. The molecule has 0 N–H and O–H groups in total. The number of alkyl halides is 3. The smallest absolute Gasteiger partial charge is 0.161 e. The molecule has 0 rings (SSSR count). The van der Waals surface area contributed by atoms with Crippen LogP contribution in [0.15, 0.2) is 0 Å². The predicted molar refractivity (Wildman–Crippen MR) is 59.7 cm³/mol. The first kappa shape index (κ1) is 13.7. The molecule has 0 aromatic rings. The Bertz CT molecular complexity index is 155. The van der Waals surface area contributed by atoms with Crippen LogP contribution in [0.2, 0.25) is 6.04 Å². The molecule has 13 heavy (non-hydrogen) atoms. The van der Waals surface area contributed by atoms with Crippen LogP contribution in [-0.2, 0) is 9.22 Å². The van der Waals surface area contributed by atoms with Crippen molar-refractivity contribution in [3.63, 3.8) is 0 Å². The van der Waals surface area contributed by atoms with Crippen molar-refractivity contribution in [1.29, 1.82) is 0 Å². The summed E-state index contributed by atoms with van der Waals surface area (Å²) in [5, 5.41) is -0.362. The summed E-state index contributed by atoms with van der Waals surface area (Å²) in [4.78, 5) is 10.3. The molecule has 1 unspecified atom stereocenters. The van der Waals surface area contributed by atoms with Crippen molar-refractivity contribution >= 4 is 50.3 Å². The zero-order chi connectivity index (χ0) is 10.3. The summed E-state index contributed by atoms with van der Waals surface area (Å²) in [7, 11) is -0.612. The molecular formula is C7H13Cl3O2Si. The van der Waals surface area contributed by atoms with Gasteiger partial charge in [0.1, 0.15) is 10.6 Å². The standard InChI is InChI=1S/C7H13Cl3O2Si/c1-5(11)6(8)2-3-13-12-4-7(9)10/h6-7H,2-4,13H2,1H3. The third kappa shape index (κ3) is 9.03. The first-order valence-electron chi connectivity index (χ1n) is 4.04. The van der Waals surface area contributed by atoms with Gasteiger partial charge in [0, 0.05) is 0 Å². The predicted octanol–water partition coefficient (Wildman–Crippen LogP) is 1.90. The summed E-state index contributed by atoms with van der Waals surface area (Å²) in [6.45, 7) is 1.87. The second-order valence-electron chi connectivity index (χ2n) is 2.69. The van der Waals surface area contributed by atoms with E-state index < -0.39 is 14.6 Å². The van der Waals surface area contributed by atoms with Crippen molar-refractivity contribution in [3.8, 4) is 0 Å². The number of hydrogen-bond donors (Lipinski definition) is 0. The van der Waals surface area contributed by atoms with Crippen molar-refractivity contribution in [3.05, 3.63) is 0 Å². The topological polar surface area (TPSA) is 26.3 Å². The molecule has 0 aliphatic carbocycles. The maximum Gasteiger partial charge on any atom is 0.161 e. The van der Waals surface area contributed by atoms with E-state index in [4.69, 9.17) is 39.2 Å². The van der Waals surface area contributed by atoms with E-state index in [9.17, 15) is 4.79 Å². The Morgan fingerprint density at radius 3 is 2.54 bits per heavy atom. The molecule has 0 radical (unpaired) electrons. The van der Waals surface area contributed by atoms with Crippen molar-refractivity contribution in [2.24, 2.45) is 0 Å². The van der Waals surface area contributed by atoms with Crippen molar-refractivity contribution in [2.75, 3.05) is 6.61 Å². The van der Waals surface area contributed by atoms with Crippen molar-refractivity contribution < 1.29 is 9.22 Å². The van der Waals surface area contributed by atoms with E-state index >= 15 is 0 Å². The summed E-state index contributed by atoms with van der Waals surface area (Å²) in [5.41, 5.74) is 0. The van der Waals surface area contributed by atoms with E-state index in [0.717, 1.165) is 6.04 Å². The second kappa shape index (κ2) is 8.06. The van der Waals surface area contributed by atoms with Crippen LogP contribution in [0.25, 0.3) is 0 Å². The molecule has 6 heteroatoms. The number of halogens is 3. The fourth-order valence-electron chi connectivity index (χ4n) is 0.740. The Labute approximate surface area is 95.8 Å². The van der Waals surface area contributed by atoms with E-state index in [1.807, 2.05) is 0 Å². The van der Waals surface area contributed by atoms with Crippen LogP contribution >= 0.6 is 34.8 Å². The van der Waals surface area contributed by atoms with Gasteiger partial charge >= 0.3 is 0 Å². The first-order valence-corrected chi connectivity index (χ1v) is 6.93. The van der Waals surface area contributed by atoms with Crippen molar-refractivity contribution in [2.45, 2.75) is 29.6 Å².